The predicted octanol–water partition coefficient (Wildman–Crippen LogP) is 2.18. The van der Waals surface area contributed by atoms with Gasteiger partial charge in [0, 0.05) is 32.2 Å². The van der Waals surface area contributed by atoms with Gasteiger partial charge in [-0.3, -0.25) is 4.90 Å². The van der Waals surface area contributed by atoms with Crippen LogP contribution in [0.3, 0.4) is 0 Å². The zero-order chi connectivity index (χ0) is 16.2. The summed E-state index contributed by atoms with van der Waals surface area (Å²) in [7, 11) is 0. The third-order valence-electron chi connectivity index (χ3n) is 4.33. The molecule has 1 saturated carbocycles. The maximum Gasteiger partial charge on any atom is 0.340 e. The number of benzene rings is 1. The summed E-state index contributed by atoms with van der Waals surface area (Å²) in [6, 6.07) is 7.53. The molecule has 124 valence electrons. The fourth-order valence-corrected chi connectivity index (χ4v) is 2.90. The Bertz CT molecular complexity index is 578. The van der Waals surface area contributed by atoms with Crippen LogP contribution in [-0.4, -0.2) is 60.6 Å². The van der Waals surface area contributed by atoms with Gasteiger partial charge >= 0.3 is 12.0 Å². The molecule has 6 nitrogen and oxygen atoms in total. The van der Waals surface area contributed by atoms with Gasteiger partial charge in [0.05, 0.1) is 17.9 Å². The van der Waals surface area contributed by atoms with E-state index in [9.17, 15) is 9.59 Å². The van der Waals surface area contributed by atoms with Gasteiger partial charge in [-0.15, -0.1) is 0 Å². The maximum absolute atomic E-state index is 12.4. The first-order chi connectivity index (χ1) is 11.2. The first-order valence-electron chi connectivity index (χ1n) is 8.25. The minimum Gasteiger partial charge on any atom is -0.462 e. The van der Waals surface area contributed by atoms with Crippen LogP contribution in [-0.2, 0) is 4.74 Å². The predicted molar refractivity (Wildman–Crippen MR) is 87.6 cm³/mol. The molecule has 1 aromatic rings. The average Bonchev–Trinajstić information content (AvgIpc) is 3.40. The number of rotatable bonds is 4. The second-order valence-corrected chi connectivity index (χ2v) is 5.95. The summed E-state index contributed by atoms with van der Waals surface area (Å²) in [5.41, 5.74) is 0.889. The standard InChI is InChI=1S/C17H23N3O3/c1-2-23-16(21)14-5-3-4-6-15(14)18-17(22)20-11-9-19(10-12-20)13-7-8-13/h3-6,13H,2,7-12H2,1H3,(H,18,22). The third-order valence-corrected chi connectivity index (χ3v) is 4.33. The number of para-hydroxylation sites is 1. The minimum absolute atomic E-state index is 0.155. The summed E-state index contributed by atoms with van der Waals surface area (Å²) >= 11 is 0. The SMILES string of the molecule is CCOC(=O)c1ccccc1NC(=O)N1CCN(C2CC2)CC1. The Labute approximate surface area is 136 Å². The number of urea groups is 1. The lowest BCUT2D eigenvalue weighted by Crippen LogP contribution is -2.50. The second-order valence-electron chi connectivity index (χ2n) is 5.95. The van der Waals surface area contributed by atoms with Crippen LogP contribution in [0.1, 0.15) is 30.1 Å². The fourth-order valence-electron chi connectivity index (χ4n) is 2.90. The highest BCUT2D eigenvalue weighted by Crippen LogP contribution is 2.27. The van der Waals surface area contributed by atoms with Gasteiger partial charge in [-0.25, -0.2) is 9.59 Å². The minimum atomic E-state index is -0.415. The lowest BCUT2D eigenvalue weighted by molar-refractivity contribution is 0.0527. The van der Waals surface area contributed by atoms with Crippen molar-refractivity contribution in [1.29, 1.82) is 0 Å². The van der Waals surface area contributed by atoms with Crippen LogP contribution in [0.4, 0.5) is 10.5 Å². The van der Waals surface area contributed by atoms with E-state index in [1.54, 1.807) is 36.1 Å². The fraction of sp³-hybridized carbons (Fsp3) is 0.529. The first kappa shape index (κ1) is 15.8. The smallest absolute Gasteiger partial charge is 0.340 e. The van der Waals surface area contributed by atoms with Crippen molar-refractivity contribution in [3.63, 3.8) is 0 Å². The summed E-state index contributed by atoms with van der Waals surface area (Å²) in [5.74, 6) is -0.415. The molecule has 0 spiro atoms. The molecule has 2 aliphatic rings. The molecule has 2 amide bonds. The van der Waals surface area contributed by atoms with Crippen LogP contribution >= 0.6 is 0 Å². The van der Waals surface area contributed by atoms with E-state index < -0.39 is 5.97 Å². The summed E-state index contributed by atoms with van der Waals surface area (Å²) in [6.45, 7) is 5.38. The molecule has 0 bridgehead atoms. The molecule has 1 aromatic carbocycles. The van der Waals surface area contributed by atoms with Crippen molar-refractivity contribution in [2.45, 2.75) is 25.8 Å². The highest BCUT2D eigenvalue weighted by atomic mass is 16.5. The Morgan fingerprint density at radius 1 is 1.17 bits per heavy atom. The van der Waals surface area contributed by atoms with E-state index >= 15 is 0 Å². The largest absolute Gasteiger partial charge is 0.462 e. The Morgan fingerprint density at radius 3 is 2.52 bits per heavy atom. The van der Waals surface area contributed by atoms with Crippen molar-refractivity contribution in [1.82, 2.24) is 9.80 Å². The number of nitrogens with zero attached hydrogens (tertiary/aromatic N) is 2. The Kier molecular flexibility index (Phi) is 4.81. The van der Waals surface area contributed by atoms with Crippen LogP contribution in [0.2, 0.25) is 0 Å². The number of anilines is 1. The molecule has 6 heteroatoms. The zero-order valence-corrected chi connectivity index (χ0v) is 13.5. The van der Waals surface area contributed by atoms with Crippen LogP contribution in [0.15, 0.2) is 24.3 Å². The monoisotopic (exact) mass is 317 g/mol. The van der Waals surface area contributed by atoms with Gasteiger partial charge in [0.2, 0.25) is 0 Å². The van der Waals surface area contributed by atoms with Gasteiger partial charge in [-0.1, -0.05) is 12.1 Å². The van der Waals surface area contributed by atoms with Gasteiger partial charge in [-0.05, 0) is 31.9 Å². The highest BCUT2D eigenvalue weighted by molar-refractivity contribution is 6.00. The van der Waals surface area contributed by atoms with E-state index in [0.29, 0.717) is 17.9 Å². The summed E-state index contributed by atoms with van der Waals surface area (Å²) in [4.78, 5) is 28.7. The number of amides is 2. The highest BCUT2D eigenvalue weighted by Gasteiger charge is 2.32. The molecule has 1 aliphatic carbocycles. The van der Waals surface area contributed by atoms with E-state index in [-0.39, 0.29) is 6.03 Å². The molecule has 0 radical (unpaired) electrons. The van der Waals surface area contributed by atoms with E-state index in [1.807, 2.05) is 0 Å². The summed E-state index contributed by atoms with van der Waals surface area (Å²) in [6.07, 6.45) is 2.58. The first-order valence-corrected chi connectivity index (χ1v) is 8.25. The molecule has 1 aliphatic heterocycles. The van der Waals surface area contributed by atoms with Crippen LogP contribution in [0.25, 0.3) is 0 Å². The maximum atomic E-state index is 12.4. The number of esters is 1. The van der Waals surface area contributed by atoms with Crippen LogP contribution < -0.4 is 5.32 Å². The van der Waals surface area contributed by atoms with Gasteiger partial charge < -0.3 is 15.0 Å². The lowest BCUT2D eigenvalue weighted by Gasteiger charge is -2.34. The normalized spacial score (nSPS) is 18.6. The summed E-state index contributed by atoms with van der Waals surface area (Å²) < 4.78 is 5.03. The molecule has 23 heavy (non-hydrogen) atoms. The number of carbonyl (C=O) groups excluding carboxylic acids is 2. The molecule has 1 N–H and O–H groups in total. The van der Waals surface area contributed by atoms with Crippen LogP contribution in [0, 0.1) is 0 Å². The Morgan fingerprint density at radius 2 is 1.87 bits per heavy atom. The van der Waals surface area contributed by atoms with E-state index in [0.717, 1.165) is 32.2 Å². The Balaban J connectivity index is 1.60. The number of hydrogen-bond acceptors (Lipinski definition) is 4. The molecule has 3 rings (SSSR count). The second kappa shape index (κ2) is 7.00. The van der Waals surface area contributed by atoms with Gasteiger partial charge in [-0.2, -0.15) is 0 Å². The molecular formula is C17H23N3O3. The lowest BCUT2D eigenvalue weighted by atomic mass is 10.2. The van der Waals surface area contributed by atoms with Crippen molar-refractivity contribution in [2.75, 3.05) is 38.1 Å². The molecule has 1 saturated heterocycles. The van der Waals surface area contributed by atoms with Crippen molar-refractivity contribution < 1.29 is 14.3 Å². The molecule has 1 heterocycles. The number of carbonyl (C=O) groups is 2. The third kappa shape index (κ3) is 3.82. The summed E-state index contributed by atoms with van der Waals surface area (Å²) in [5, 5.41) is 2.85. The molecular weight excluding hydrogens is 294 g/mol. The number of nitrogens with one attached hydrogen (secondary N) is 1. The van der Waals surface area contributed by atoms with Crippen molar-refractivity contribution in [3.8, 4) is 0 Å². The van der Waals surface area contributed by atoms with Crippen molar-refractivity contribution in [2.24, 2.45) is 0 Å². The van der Waals surface area contributed by atoms with Gasteiger partial charge in [0.15, 0.2) is 0 Å². The molecule has 0 atom stereocenters. The quantitative estimate of drug-likeness (QED) is 0.865. The molecule has 0 unspecified atom stereocenters. The van der Waals surface area contributed by atoms with Gasteiger partial charge in [0.1, 0.15) is 0 Å². The van der Waals surface area contributed by atoms with Crippen LogP contribution in [0.5, 0.6) is 0 Å². The topological polar surface area (TPSA) is 61.9 Å². The Hall–Kier alpha value is -2.08. The zero-order valence-electron chi connectivity index (χ0n) is 13.5. The molecule has 2 fully saturated rings. The van der Waals surface area contributed by atoms with E-state index in [1.165, 1.54) is 12.8 Å². The number of ether oxygens (including phenoxy) is 1. The van der Waals surface area contributed by atoms with Gasteiger partial charge in [0.25, 0.3) is 0 Å². The van der Waals surface area contributed by atoms with E-state index in [2.05, 4.69) is 10.2 Å². The van der Waals surface area contributed by atoms with E-state index in [4.69, 9.17) is 4.74 Å². The van der Waals surface area contributed by atoms with Crippen molar-refractivity contribution in [3.05, 3.63) is 29.8 Å². The number of hydrogen-bond donors (Lipinski definition) is 1. The average molecular weight is 317 g/mol. The number of piperazine rings is 1. The van der Waals surface area contributed by atoms with Crippen molar-refractivity contribution >= 4 is 17.7 Å². The molecule has 0 aromatic heterocycles.